The maximum atomic E-state index is 13.2. The number of aliphatic hydroxyl groups is 5. The van der Waals surface area contributed by atoms with Crippen LogP contribution in [0.25, 0.3) is 0 Å². The van der Waals surface area contributed by atoms with E-state index in [0.29, 0.717) is 0 Å². The molecule has 232 valence electrons. The molecule has 0 saturated carbocycles. The summed E-state index contributed by atoms with van der Waals surface area (Å²) in [6.45, 7) is 10.4. The SMILES string of the molecule is CC(C)/C=C/[C@@H](C[C@@H]1O[C@](O)(C[C@@H](O)C(C)C)C[C@H](O)[C@H]1C(=O)N[C@H](C)C(N)=O)OC1OC(C)C(O)C(N)C1O. The molecule has 2 fully saturated rings. The number of allylic oxidation sites excluding steroid dienone is 1. The van der Waals surface area contributed by atoms with E-state index in [1.54, 1.807) is 26.8 Å². The molecular formula is C27H49N3O10. The Hall–Kier alpha value is -1.68. The molecule has 0 bridgehead atoms. The highest BCUT2D eigenvalue weighted by molar-refractivity contribution is 5.87. The molecule has 2 amide bonds. The number of carbonyl (C=O) groups excluding carboxylic acids is 2. The number of primary amides is 1. The zero-order valence-electron chi connectivity index (χ0n) is 24.2. The van der Waals surface area contributed by atoms with Crippen LogP contribution in [0, 0.1) is 17.8 Å². The lowest BCUT2D eigenvalue weighted by Crippen LogP contribution is -2.62. The molecule has 0 spiro atoms. The van der Waals surface area contributed by atoms with Crippen molar-refractivity contribution in [1.82, 2.24) is 5.32 Å². The first-order valence-corrected chi connectivity index (χ1v) is 13.9. The Bertz CT molecular complexity index is 873. The molecule has 2 aliphatic heterocycles. The molecule has 2 saturated heterocycles. The lowest BCUT2D eigenvalue weighted by atomic mass is 9.81. The summed E-state index contributed by atoms with van der Waals surface area (Å²) in [5.41, 5.74) is 11.3. The largest absolute Gasteiger partial charge is 0.393 e. The Morgan fingerprint density at radius 3 is 2.30 bits per heavy atom. The van der Waals surface area contributed by atoms with Gasteiger partial charge in [0.1, 0.15) is 12.1 Å². The molecule has 13 heteroatoms. The predicted octanol–water partition coefficient (Wildman–Crippen LogP) is -1.38. The van der Waals surface area contributed by atoms with Crippen LogP contribution in [0.5, 0.6) is 0 Å². The van der Waals surface area contributed by atoms with Gasteiger partial charge in [-0.05, 0) is 25.7 Å². The summed E-state index contributed by atoms with van der Waals surface area (Å²) in [7, 11) is 0. The monoisotopic (exact) mass is 575 g/mol. The number of amides is 2. The fraction of sp³-hybridized carbons (Fsp3) is 0.852. The van der Waals surface area contributed by atoms with Gasteiger partial charge in [0.25, 0.3) is 0 Å². The number of rotatable bonds is 12. The third-order valence-corrected chi connectivity index (χ3v) is 7.48. The van der Waals surface area contributed by atoms with Crippen LogP contribution < -0.4 is 16.8 Å². The molecule has 0 aromatic carbocycles. The molecule has 5 unspecified atom stereocenters. The summed E-state index contributed by atoms with van der Waals surface area (Å²) >= 11 is 0. The minimum atomic E-state index is -1.96. The molecule has 0 aromatic rings. The van der Waals surface area contributed by atoms with Gasteiger partial charge >= 0.3 is 0 Å². The first-order chi connectivity index (χ1) is 18.5. The smallest absolute Gasteiger partial charge is 0.239 e. The zero-order valence-corrected chi connectivity index (χ0v) is 24.2. The minimum Gasteiger partial charge on any atom is -0.393 e. The van der Waals surface area contributed by atoms with Crippen molar-refractivity contribution in [3.63, 3.8) is 0 Å². The van der Waals surface area contributed by atoms with Crippen LogP contribution in [0.15, 0.2) is 12.2 Å². The first kappa shape index (κ1) is 34.5. The number of hydrogen-bond donors (Lipinski definition) is 8. The Labute approximate surface area is 235 Å². The quantitative estimate of drug-likeness (QED) is 0.126. The van der Waals surface area contributed by atoms with Gasteiger partial charge in [0, 0.05) is 19.3 Å². The van der Waals surface area contributed by atoms with E-state index in [9.17, 15) is 35.1 Å². The van der Waals surface area contributed by atoms with Crippen LogP contribution in [0.3, 0.4) is 0 Å². The first-order valence-electron chi connectivity index (χ1n) is 13.9. The lowest BCUT2D eigenvalue weighted by Gasteiger charge is -2.46. The van der Waals surface area contributed by atoms with Crippen LogP contribution in [0.2, 0.25) is 0 Å². The van der Waals surface area contributed by atoms with E-state index in [4.69, 9.17) is 25.7 Å². The van der Waals surface area contributed by atoms with Crippen molar-refractivity contribution in [2.45, 2.75) is 128 Å². The van der Waals surface area contributed by atoms with Crippen molar-refractivity contribution >= 4 is 11.8 Å². The fourth-order valence-corrected chi connectivity index (χ4v) is 4.83. The molecule has 2 rings (SSSR count). The number of nitrogens with two attached hydrogens (primary N) is 2. The summed E-state index contributed by atoms with van der Waals surface area (Å²) in [5, 5.41) is 56.1. The zero-order chi connectivity index (χ0) is 30.5. The molecule has 0 aliphatic carbocycles. The van der Waals surface area contributed by atoms with Crippen LogP contribution in [-0.2, 0) is 23.8 Å². The Kier molecular flexibility index (Phi) is 12.5. The van der Waals surface area contributed by atoms with E-state index in [-0.39, 0.29) is 31.1 Å². The third-order valence-electron chi connectivity index (χ3n) is 7.48. The molecule has 10 N–H and O–H groups in total. The average Bonchev–Trinajstić information content (AvgIpc) is 2.83. The number of carbonyl (C=O) groups is 2. The highest BCUT2D eigenvalue weighted by Crippen LogP contribution is 2.38. The number of aliphatic hydroxyl groups excluding tert-OH is 4. The molecule has 13 nitrogen and oxygen atoms in total. The van der Waals surface area contributed by atoms with Gasteiger partial charge in [0.2, 0.25) is 11.8 Å². The Morgan fingerprint density at radius 2 is 1.75 bits per heavy atom. The molecule has 0 radical (unpaired) electrons. The van der Waals surface area contributed by atoms with Crippen molar-refractivity contribution < 1.29 is 49.3 Å². The van der Waals surface area contributed by atoms with Gasteiger partial charge in [-0.25, -0.2) is 0 Å². The average molecular weight is 576 g/mol. The fourth-order valence-electron chi connectivity index (χ4n) is 4.83. The topological polar surface area (TPSA) is 227 Å². The van der Waals surface area contributed by atoms with Crippen molar-refractivity contribution in [3.05, 3.63) is 12.2 Å². The van der Waals surface area contributed by atoms with E-state index in [0.717, 1.165) is 0 Å². The molecule has 0 aromatic heterocycles. The lowest BCUT2D eigenvalue weighted by molar-refractivity contribution is -0.307. The minimum absolute atomic E-state index is 0.0951. The van der Waals surface area contributed by atoms with E-state index in [1.807, 2.05) is 19.9 Å². The standard InChI is InChI=1S/C27H49N3O10/c1-12(2)7-8-16(39-26-23(34)21(28)22(33)15(6)38-26)9-19-20(25(36)30-14(5)24(29)35)18(32)11-27(37,40-19)10-17(31)13(3)4/h7-8,12-23,26,31-34,37H,9-11,28H2,1-6H3,(H2,29,35)(H,30,36)/b8-7+/t14-,15?,16+,17-,18+,19+,20-,21?,22?,23?,26?,27-/m1/s1. The van der Waals surface area contributed by atoms with Gasteiger partial charge in [-0.2, -0.15) is 0 Å². The second kappa shape index (κ2) is 14.5. The van der Waals surface area contributed by atoms with Crippen LogP contribution in [-0.4, -0.2) is 104 Å². The second-order valence-electron chi connectivity index (χ2n) is 11.9. The van der Waals surface area contributed by atoms with Crippen LogP contribution >= 0.6 is 0 Å². The van der Waals surface area contributed by atoms with Gasteiger partial charge < -0.3 is 56.5 Å². The van der Waals surface area contributed by atoms with Gasteiger partial charge in [-0.3, -0.25) is 9.59 Å². The Morgan fingerprint density at radius 1 is 1.12 bits per heavy atom. The number of nitrogens with one attached hydrogen (secondary N) is 1. The molecule has 2 heterocycles. The molecule has 12 atom stereocenters. The van der Waals surface area contributed by atoms with Gasteiger partial charge in [0.15, 0.2) is 12.1 Å². The normalized spacial score (nSPS) is 37.5. The van der Waals surface area contributed by atoms with E-state index in [2.05, 4.69) is 5.32 Å². The van der Waals surface area contributed by atoms with Gasteiger partial charge in [-0.1, -0.05) is 39.8 Å². The highest BCUT2D eigenvalue weighted by Gasteiger charge is 2.51. The highest BCUT2D eigenvalue weighted by atomic mass is 16.7. The summed E-state index contributed by atoms with van der Waals surface area (Å²) in [6.07, 6.45) is -5.98. The second-order valence-corrected chi connectivity index (χ2v) is 11.9. The van der Waals surface area contributed by atoms with Gasteiger partial charge in [-0.15, -0.1) is 0 Å². The molecule has 2 aliphatic rings. The van der Waals surface area contributed by atoms with Crippen LogP contribution in [0.1, 0.15) is 60.8 Å². The van der Waals surface area contributed by atoms with Gasteiger partial charge in [0.05, 0.1) is 48.6 Å². The molecular weight excluding hydrogens is 526 g/mol. The van der Waals surface area contributed by atoms with Crippen molar-refractivity contribution in [3.8, 4) is 0 Å². The third kappa shape index (κ3) is 9.16. The van der Waals surface area contributed by atoms with Crippen molar-refractivity contribution in [2.75, 3.05) is 0 Å². The summed E-state index contributed by atoms with van der Waals surface area (Å²) < 4.78 is 17.8. The van der Waals surface area contributed by atoms with Crippen LogP contribution in [0.4, 0.5) is 0 Å². The number of ether oxygens (including phenoxy) is 3. The summed E-state index contributed by atoms with van der Waals surface area (Å²) in [6, 6.07) is -2.07. The maximum absolute atomic E-state index is 13.2. The predicted molar refractivity (Wildman–Crippen MR) is 144 cm³/mol. The van der Waals surface area contributed by atoms with E-state index < -0.39 is 84.6 Å². The van der Waals surface area contributed by atoms with Crippen molar-refractivity contribution in [1.29, 1.82) is 0 Å². The maximum Gasteiger partial charge on any atom is 0.239 e. The number of hydrogen-bond acceptors (Lipinski definition) is 11. The van der Waals surface area contributed by atoms with Crippen molar-refractivity contribution in [2.24, 2.45) is 29.2 Å². The Balaban J connectivity index is 2.40. The van der Waals surface area contributed by atoms with E-state index in [1.165, 1.54) is 6.92 Å². The van der Waals surface area contributed by atoms with E-state index >= 15 is 0 Å². The summed E-state index contributed by atoms with van der Waals surface area (Å²) in [4.78, 5) is 24.8. The summed E-state index contributed by atoms with van der Waals surface area (Å²) in [5.74, 6) is -4.81. The molecule has 40 heavy (non-hydrogen) atoms.